The van der Waals surface area contributed by atoms with Gasteiger partial charge in [0.15, 0.2) is 0 Å². The van der Waals surface area contributed by atoms with Crippen LogP contribution in [0.3, 0.4) is 0 Å². The summed E-state index contributed by atoms with van der Waals surface area (Å²) in [5, 5.41) is 6.45. The molecule has 18 heavy (non-hydrogen) atoms. The number of hydrogen-bond donors (Lipinski definition) is 2. The molecule has 0 radical (unpaired) electrons. The maximum absolute atomic E-state index is 11.4. The molecule has 106 valence electrons. The molecule has 1 saturated carbocycles. The fourth-order valence-electron chi connectivity index (χ4n) is 2.81. The van der Waals surface area contributed by atoms with Gasteiger partial charge in [-0.1, -0.05) is 26.7 Å². The van der Waals surface area contributed by atoms with Crippen molar-refractivity contribution in [1.29, 1.82) is 0 Å². The van der Waals surface area contributed by atoms with E-state index in [0.29, 0.717) is 12.5 Å². The van der Waals surface area contributed by atoms with Crippen LogP contribution in [0.4, 0.5) is 0 Å². The third-order valence-corrected chi connectivity index (χ3v) is 3.90. The molecule has 0 aromatic carbocycles. The van der Waals surface area contributed by atoms with Crippen LogP contribution in [0.2, 0.25) is 0 Å². The van der Waals surface area contributed by atoms with Crippen molar-refractivity contribution in [1.82, 2.24) is 10.6 Å². The summed E-state index contributed by atoms with van der Waals surface area (Å²) in [7, 11) is 0. The van der Waals surface area contributed by atoms with E-state index in [4.69, 9.17) is 0 Å². The van der Waals surface area contributed by atoms with E-state index in [2.05, 4.69) is 24.5 Å². The molecule has 1 aliphatic carbocycles. The Morgan fingerprint density at radius 1 is 1.06 bits per heavy atom. The van der Waals surface area contributed by atoms with Crippen LogP contribution < -0.4 is 10.6 Å². The van der Waals surface area contributed by atoms with Gasteiger partial charge in [-0.25, -0.2) is 0 Å². The molecule has 0 heterocycles. The Bertz CT molecular complexity index is 223. The molecule has 1 fully saturated rings. The molecule has 1 amide bonds. The molecule has 1 aliphatic rings. The van der Waals surface area contributed by atoms with Crippen LogP contribution in [-0.4, -0.2) is 25.0 Å². The molecule has 0 aromatic heterocycles. The first-order chi connectivity index (χ1) is 8.76. The van der Waals surface area contributed by atoms with Crippen LogP contribution in [-0.2, 0) is 4.79 Å². The zero-order chi connectivity index (χ0) is 13.2. The normalized spacial score (nSPS) is 23.9. The van der Waals surface area contributed by atoms with E-state index in [1.165, 1.54) is 38.5 Å². The van der Waals surface area contributed by atoms with Crippen molar-refractivity contribution < 1.29 is 4.79 Å². The number of carbonyl (C=O) groups excluding carboxylic acids is 1. The van der Waals surface area contributed by atoms with Crippen molar-refractivity contribution in [3.05, 3.63) is 0 Å². The van der Waals surface area contributed by atoms with Gasteiger partial charge in [-0.3, -0.25) is 4.79 Å². The molecule has 3 nitrogen and oxygen atoms in total. The lowest BCUT2D eigenvalue weighted by molar-refractivity contribution is -0.121. The molecule has 2 N–H and O–H groups in total. The van der Waals surface area contributed by atoms with Crippen molar-refractivity contribution in [3.8, 4) is 0 Å². The summed E-state index contributed by atoms with van der Waals surface area (Å²) in [6.07, 6.45) is 9.67. The van der Waals surface area contributed by atoms with Gasteiger partial charge in [0.05, 0.1) is 0 Å². The first-order valence-electron chi connectivity index (χ1n) is 7.76. The fraction of sp³-hybridized carbons (Fsp3) is 0.933. The predicted octanol–water partition coefficient (Wildman–Crippen LogP) is 2.85. The van der Waals surface area contributed by atoms with Crippen molar-refractivity contribution in [2.75, 3.05) is 13.1 Å². The average Bonchev–Trinajstić information content (AvgIpc) is 2.39. The van der Waals surface area contributed by atoms with E-state index in [1.807, 2.05) is 0 Å². The Kier molecular flexibility index (Phi) is 8.06. The van der Waals surface area contributed by atoms with Gasteiger partial charge >= 0.3 is 0 Å². The second-order valence-corrected chi connectivity index (χ2v) is 5.56. The molecule has 0 saturated heterocycles. The minimum atomic E-state index is 0.184. The highest BCUT2D eigenvalue weighted by Gasteiger charge is 2.19. The molecule has 0 spiro atoms. The Labute approximate surface area is 112 Å². The molecule has 1 rings (SSSR count). The second kappa shape index (κ2) is 9.37. The van der Waals surface area contributed by atoms with E-state index in [-0.39, 0.29) is 5.91 Å². The van der Waals surface area contributed by atoms with Crippen LogP contribution in [0.1, 0.15) is 65.2 Å². The topological polar surface area (TPSA) is 41.1 Å². The molecule has 0 aromatic rings. The SMILES string of the molecule is CCCNC(=O)CCNC1CCC(CCC)CC1. The first kappa shape index (κ1) is 15.5. The molecule has 0 unspecified atom stereocenters. The number of rotatable bonds is 8. The molecule has 0 atom stereocenters. The maximum atomic E-state index is 11.4. The minimum Gasteiger partial charge on any atom is -0.356 e. The summed E-state index contributed by atoms with van der Waals surface area (Å²) in [6, 6.07) is 0.650. The smallest absolute Gasteiger partial charge is 0.221 e. The van der Waals surface area contributed by atoms with Crippen LogP contribution in [0.5, 0.6) is 0 Å². The molecular weight excluding hydrogens is 224 g/mol. The number of carbonyl (C=O) groups is 1. The van der Waals surface area contributed by atoms with Gasteiger partial charge in [0.25, 0.3) is 0 Å². The van der Waals surface area contributed by atoms with Crippen molar-refractivity contribution in [3.63, 3.8) is 0 Å². The van der Waals surface area contributed by atoms with Gasteiger partial charge in [-0.15, -0.1) is 0 Å². The number of amides is 1. The summed E-state index contributed by atoms with van der Waals surface area (Å²) in [6.45, 7) is 5.99. The van der Waals surface area contributed by atoms with Crippen LogP contribution in [0, 0.1) is 5.92 Å². The average molecular weight is 254 g/mol. The Balaban J connectivity index is 2.02. The standard InChI is InChI=1S/C15H30N2O/c1-3-5-13-6-8-14(9-7-13)16-12-10-15(18)17-11-4-2/h13-14,16H,3-12H2,1-2H3,(H,17,18). The van der Waals surface area contributed by atoms with Crippen molar-refractivity contribution >= 4 is 5.91 Å². The number of nitrogens with one attached hydrogen (secondary N) is 2. The van der Waals surface area contributed by atoms with Gasteiger partial charge in [0, 0.05) is 25.6 Å². The fourth-order valence-corrected chi connectivity index (χ4v) is 2.81. The first-order valence-corrected chi connectivity index (χ1v) is 7.76. The molecule has 0 bridgehead atoms. The number of hydrogen-bond acceptors (Lipinski definition) is 2. The maximum Gasteiger partial charge on any atom is 0.221 e. The Morgan fingerprint density at radius 2 is 1.78 bits per heavy atom. The zero-order valence-corrected chi connectivity index (χ0v) is 12.1. The lowest BCUT2D eigenvalue weighted by Crippen LogP contribution is -2.36. The lowest BCUT2D eigenvalue weighted by atomic mass is 9.83. The molecule has 3 heteroatoms. The quantitative estimate of drug-likeness (QED) is 0.699. The predicted molar refractivity (Wildman–Crippen MR) is 76.6 cm³/mol. The van der Waals surface area contributed by atoms with E-state index in [9.17, 15) is 4.79 Å². The van der Waals surface area contributed by atoms with Crippen molar-refractivity contribution in [2.24, 2.45) is 5.92 Å². The summed E-state index contributed by atoms with van der Waals surface area (Å²) in [5.74, 6) is 1.14. The van der Waals surface area contributed by atoms with Gasteiger partial charge in [0.2, 0.25) is 5.91 Å². The van der Waals surface area contributed by atoms with Gasteiger partial charge in [0.1, 0.15) is 0 Å². The van der Waals surface area contributed by atoms with Crippen LogP contribution in [0.15, 0.2) is 0 Å². The van der Waals surface area contributed by atoms with E-state index >= 15 is 0 Å². The highest BCUT2D eigenvalue weighted by molar-refractivity contribution is 5.75. The van der Waals surface area contributed by atoms with Gasteiger partial charge < -0.3 is 10.6 Å². The third kappa shape index (κ3) is 6.39. The third-order valence-electron chi connectivity index (χ3n) is 3.90. The highest BCUT2D eigenvalue weighted by atomic mass is 16.1. The summed E-state index contributed by atoms with van der Waals surface area (Å²) in [5.41, 5.74) is 0. The monoisotopic (exact) mass is 254 g/mol. The van der Waals surface area contributed by atoms with Gasteiger partial charge in [-0.05, 0) is 38.0 Å². The van der Waals surface area contributed by atoms with Gasteiger partial charge in [-0.2, -0.15) is 0 Å². The summed E-state index contributed by atoms with van der Waals surface area (Å²) < 4.78 is 0. The van der Waals surface area contributed by atoms with E-state index < -0.39 is 0 Å². The van der Waals surface area contributed by atoms with Crippen molar-refractivity contribution in [2.45, 2.75) is 71.3 Å². The van der Waals surface area contributed by atoms with Crippen LogP contribution >= 0.6 is 0 Å². The molecular formula is C15H30N2O. The lowest BCUT2D eigenvalue weighted by Gasteiger charge is -2.29. The second-order valence-electron chi connectivity index (χ2n) is 5.56. The summed E-state index contributed by atoms with van der Waals surface area (Å²) in [4.78, 5) is 11.4. The minimum absolute atomic E-state index is 0.184. The van der Waals surface area contributed by atoms with E-state index in [0.717, 1.165) is 25.4 Å². The Morgan fingerprint density at radius 3 is 2.39 bits per heavy atom. The zero-order valence-electron chi connectivity index (χ0n) is 12.1. The van der Waals surface area contributed by atoms with Crippen LogP contribution in [0.25, 0.3) is 0 Å². The highest BCUT2D eigenvalue weighted by Crippen LogP contribution is 2.27. The largest absolute Gasteiger partial charge is 0.356 e. The Hall–Kier alpha value is -0.570. The summed E-state index contributed by atoms with van der Waals surface area (Å²) >= 11 is 0. The molecule has 0 aliphatic heterocycles. The van der Waals surface area contributed by atoms with E-state index in [1.54, 1.807) is 0 Å².